The lowest BCUT2D eigenvalue weighted by atomic mass is 9.93. The van der Waals surface area contributed by atoms with Crippen molar-refractivity contribution in [3.8, 4) is 50.2 Å². The van der Waals surface area contributed by atoms with E-state index < -0.39 is 0 Å². The molecule has 0 amide bonds. The summed E-state index contributed by atoms with van der Waals surface area (Å²) in [6.07, 6.45) is 0. The molecule has 0 unspecified atom stereocenters. The van der Waals surface area contributed by atoms with Crippen molar-refractivity contribution in [3.05, 3.63) is 267 Å². The largest absolute Gasteiger partial charge is 0.310 e. The molecule has 71 heavy (non-hydrogen) atoms. The first-order valence-electron chi connectivity index (χ1n) is 24.3. The number of nitrogens with zero attached hydrogens (tertiary/aromatic N) is 2. The Labute approximate surface area is 416 Å². The third kappa shape index (κ3) is 7.01. The quantitative estimate of drug-likeness (QED) is 0.147. The first-order valence-corrected chi connectivity index (χ1v) is 25.1. The van der Waals surface area contributed by atoms with Crippen molar-refractivity contribution < 1.29 is 0 Å². The van der Waals surface area contributed by atoms with Crippen molar-refractivity contribution in [1.82, 2.24) is 4.57 Å². The fraction of sp³-hybridized carbons (Fsp3) is 0. The van der Waals surface area contributed by atoms with E-state index in [0.717, 1.165) is 39.4 Å². The molecule has 0 aliphatic rings. The summed E-state index contributed by atoms with van der Waals surface area (Å²) in [6, 6.07) is 98.0. The normalized spacial score (nSPS) is 11.7. The van der Waals surface area contributed by atoms with Crippen molar-refractivity contribution in [1.29, 1.82) is 0 Å². The highest BCUT2D eigenvalue weighted by Gasteiger charge is 2.20. The molecule has 12 aromatic carbocycles. The van der Waals surface area contributed by atoms with Gasteiger partial charge in [0.25, 0.3) is 0 Å². The van der Waals surface area contributed by atoms with Crippen LogP contribution in [-0.4, -0.2) is 4.57 Å². The second-order valence-corrected chi connectivity index (χ2v) is 19.5. The Bertz CT molecular complexity index is 4270. The van der Waals surface area contributed by atoms with E-state index in [1.165, 1.54) is 91.3 Å². The van der Waals surface area contributed by atoms with Gasteiger partial charge in [-0.15, -0.1) is 11.3 Å². The monoisotopic (exact) mass is 920 g/mol. The molecule has 0 fully saturated rings. The third-order valence-corrected chi connectivity index (χ3v) is 15.6. The number of aromatic nitrogens is 1. The smallest absolute Gasteiger partial charge is 0.0541 e. The lowest BCUT2D eigenvalue weighted by molar-refractivity contribution is 1.18. The summed E-state index contributed by atoms with van der Waals surface area (Å²) in [7, 11) is 0. The number of fused-ring (bicyclic) bond motifs is 9. The van der Waals surface area contributed by atoms with E-state index in [4.69, 9.17) is 0 Å². The highest BCUT2D eigenvalue weighted by molar-refractivity contribution is 7.26. The summed E-state index contributed by atoms with van der Waals surface area (Å²) in [5, 5.41) is 10.2. The highest BCUT2D eigenvalue weighted by atomic mass is 32.1. The summed E-state index contributed by atoms with van der Waals surface area (Å²) in [6.45, 7) is 0. The van der Waals surface area contributed by atoms with Crippen LogP contribution in [0.3, 0.4) is 0 Å². The lowest BCUT2D eigenvalue weighted by Crippen LogP contribution is -2.11. The molecule has 0 saturated heterocycles. The van der Waals surface area contributed by atoms with Crippen LogP contribution in [0.4, 0.5) is 17.1 Å². The van der Waals surface area contributed by atoms with Crippen molar-refractivity contribution in [2.45, 2.75) is 0 Å². The van der Waals surface area contributed by atoms with Crippen LogP contribution in [0.15, 0.2) is 267 Å². The van der Waals surface area contributed by atoms with E-state index in [1.54, 1.807) is 0 Å². The number of para-hydroxylation sites is 2. The Morgan fingerprint density at radius 1 is 0.296 bits per heavy atom. The van der Waals surface area contributed by atoms with Gasteiger partial charge in [0.2, 0.25) is 0 Å². The zero-order chi connectivity index (χ0) is 46.8. The van der Waals surface area contributed by atoms with Crippen LogP contribution in [0.5, 0.6) is 0 Å². The molecular formula is C68H44N2S. The standard InChI is InChI=1S/C68H44N2S/c1-2-14-48(15-3-1)63-43-52(57-25-13-18-47-16-4-6-21-56(47)57)34-41-66(63)69(54-37-30-46(31-38-54)51-33-39-61-62-40-32-49-17-5-7-22-58(49)68(62)71-67(61)44-51)53-35-28-45(29-36-53)50-19-12-20-55(42-50)70-64-26-10-8-23-59(64)60-24-9-11-27-65(60)70/h1-44H. The van der Waals surface area contributed by atoms with E-state index in [1.807, 2.05) is 11.3 Å². The SMILES string of the molecule is c1ccc(-c2cc(-c3cccc4ccccc34)ccc2N(c2ccc(-c3cccc(-n4c5ccccc5c5ccccc54)c3)cc2)c2ccc(-c3ccc4c(c3)sc3c5ccccc5ccc43)cc2)cc1. The summed E-state index contributed by atoms with van der Waals surface area (Å²) < 4.78 is 5.05. The number of hydrogen-bond donors (Lipinski definition) is 0. The summed E-state index contributed by atoms with van der Waals surface area (Å²) >= 11 is 1.89. The molecule has 3 heteroatoms. The van der Waals surface area contributed by atoms with Crippen molar-refractivity contribution in [2.24, 2.45) is 0 Å². The van der Waals surface area contributed by atoms with Gasteiger partial charge in [0.05, 0.1) is 16.7 Å². The van der Waals surface area contributed by atoms with E-state index in [9.17, 15) is 0 Å². The van der Waals surface area contributed by atoms with E-state index in [0.29, 0.717) is 0 Å². The predicted octanol–water partition coefficient (Wildman–Crippen LogP) is 19.6. The van der Waals surface area contributed by atoms with Gasteiger partial charge in [-0.25, -0.2) is 0 Å². The maximum absolute atomic E-state index is 2.43. The minimum atomic E-state index is 1.08. The average molecular weight is 921 g/mol. The number of benzene rings is 12. The summed E-state index contributed by atoms with van der Waals surface area (Å²) in [5.41, 5.74) is 16.3. The minimum absolute atomic E-state index is 1.08. The van der Waals surface area contributed by atoms with Crippen LogP contribution >= 0.6 is 11.3 Å². The minimum Gasteiger partial charge on any atom is -0.310 e. The Balaban J connectivity index is 0.892. The van der Waals surface area contributed by atoms with Gasteiger partial charge in [-0.2, -0.15) is 0 Å². The molecule has 2 nitrogen and oxygen atoms in total. The molecule has 332 valence electrons. The van der Waals surface area contributed by atoms with E-state index in [2.05, 4.69) is 276 Å². The fourth-order valence-electron chi connectivity index (χ4n) is 11.0. The lowest BCUT2D eigenvalue weighted by Gasteiger charge is -2.29. The molecule has 0 bridgehead atoms. The maximum Gasteiger partial charge on any atom is 0.0541 e. The summed E-state index contributed by atoms with van der Waals surface area (Å²) in [4.78, 5) is 2.43. The molecule has 0 atom stereocenters. The molecule has 0 aliphatic heterocycles. The van der Waals surface area contributed by atoms with Crippen LogP contribution in [0.25, 0.3) is 114 Å². The topological polar surface area (TPSA) is 8.17 Å². The Kier molecular flexibility index (Phi) is 9.75. The average Bonchev–Trinajstić information content (AvgIpc) is 4.00. The molecule has 14 rings (SSSR count). The van der Waals surface area contributed by atoms with Crippen LogP contribution in [0.1, 0.15) is 0 Å². The molecule has 14 aromatic rings. The number of hydrogen-bond acceptors (Lipinski definition) is 2. The highest BCUT2D eigenvalue weighted by Crippen LogP contribution is 2.45. The van der Waals surface area contributed by atoms with Gasteiger partial charge in [-0.05, 0) is 127 Å². The van der Waals surface area contributed by atoms with Crippen LogP contribution in [0, 0.1) is 0 Å². The Hall–Kier alpha value is -9.02. The predicted molar refractivity (Wildman–Crippen MR) is 305 cm³/mol. The molecule has 0 N–H and O–H groups in total. The molecular weight excluding hydrogens is 877 g/mol. The zero-order valence-corrected chi connectivity index (χ0v) is 39.5. The van der Waals surface area contributed by atoms with Gasteiger partial charge in [0, 0.05) is 53.6 Å². The first-order chi connectivity index (χ1) is 35.2. The molecule has 0 saturated carbocycles. The van der Waals surface area contributed by atoms with Crippen molar-refractivity contribution in [3.63, 3.8) is 0 Å². The number of rotatable bonds is 8. The van der Waals surface area contributed by atoms with Crippen LogP contribution < -0.4 is 4.90 Å². The molecule has 2 heterocycles. The Morgan fingerprint density at radius 2 is 0.831 bits per heavy atom. The van der Waals surface area contributed by atoms with Gasteiger partial charge < -0.3 is 9.47 Å². The van der Waals surface area contributed by atoms with Crippen molar-refractivity contribution in [2.75, 3.05) is 4.90 Å². The van der Waals surface area contributed by atoms with Gasteiger partial charge in [-0.3, -0.25) is 0 Å². The van der Waals surface area contributed by atoms with E-state index in [-0.39, 0.29) is 0 Å². The fourth-order valence-corrected chi connectivity index (χ4v) is 12.2. The van der Waals surface area contributed by atoms with Gasteiger partial charge in [0.15, 0.2) is 0 Å². The van der Waals surface area contributed by atoms with Gasteiger partial charge >= 0.3 is 0 Å². The second kappa shape index (κ2) is 16.9. The first kappa shape index (κ1) is 41.0. The van der Waals surface area contributed by atoms with Crippen molar-refractivity contribution >= 4 is 91.9 Å². The van der Waals surface area contributed by atoms with Gasteiger partial charge in [-0.1, -0.05) is 200 Å². The van der Waals surface area contributed by atoms with Crippen LogP contribution in [0.2, 0.25) is 0 Å². The third-order valence-electron chi connectivity index (χ3n) is 14.4. The number of thiophene rings is 1. The van der Waals surface area contributed by atoms with E-state index >= 15 is 0 Å². The Morgan fingerprint density at radius 3 is 1.55 bits per heavy atom. The molecule has 2 aromatic heterocycles. The zero-order valence-electron chi connectivity index (χ0n) is 38.7. The molecule has 0 radical (unpaired) electrons. The van der Waals surface area contributed by atoms with Gasteiger partial charge in [0.1, 0.15) is 0 Å². The molecule has 0 spiro atoms. The summed E-state index contributed by atoms with van der Waals surface area (Å²) in [5.74, 6) is 0. The van der Waals surface area contributed by atoms with Crippen LogP contribution in [-0.2, 0) is 0 Å². The molecule has 0 aliphatic carbocycles. The number of anilines is 3. The maximum atomic E-state index is 2.43. The second-order valence-electron chi connectivity index (χ2n) is 18.5.